The van der Waals surface area contributed by atoms with E-state index in [9.17, 15) is 0 Å². The van der Waals surface area contributed by atoms with Crippen LogP contribution in [0, 0.1) is 0 Å². The number of pyridine rings is 1. The summed E-state index contributed by atoms with van der Waals surface area (Å²) in [4.78, 5) is 3.88. The fourth-order valence-electron chi connectivity index (χ4n) is 0.363. The zero-order chi connectivity index (χ0) is 5.11. The number of hydrogen-bond acceptors (Lipinski definition) is 1. The number of aromatic nitrogens is 1. The van der Waals surface area contributed by atoms with Crippen LogP contribution in [0.25, 0.3) is 0 Å². The van der Waals surface area contributed by atoms with Gasteiger partial charge in [-0.15, -0.1) is 0 Å². The fraction of sp³-hybridized carbons (Fsp3) is 0. The van der Waals surface area contributed by atoms with Gasteiger partial charge in [0.1, 0.15) is 0 Å². The molecular formula is C5H4Cl3NTi. The van der Waals surface area contributed by atoms with Crippen LogP contribution < -0.4 is 41.1 Å². The molecule has 1 aromatic rings. The Hall–Kier alpha value is 0.734. The SMILES string of the molecule is [Cl-].[Cl-].[Cl-].[Ti+3][c]1cccnc1. The van der Waals surface area contributed by atoms with Crippen LogP contribution in [0.4, 0.5) is 0 Å². The average molecular weight is 232 g/mol. The van der Waals surface area contributed by atoms with Crippen molar-refractivity contribution in [2.75, 3.05) is 0 Å². The zero-order valence-electron chi connectivity index (χ0n) is 4.89. The van der Waals surface area contributed by atoms with E-state index in [1.54, 1.807) is 6.20 Å². The quantitative estimate of drug-likeness (QED) is 0.405. The monoisotopic (exact) mass is 231 g/mol. The molecule has 0 atom stereocenters. The maximum absolute atomic E-state index is 3.88. The fourth-order valence-corrected chi connectivity index (χ4v) is 0.629. The van der Waals surface area contributed by atoms with Gasteiger partial charge in [-0.3, -0.25) is 0 Å². The molecule has 1 aromatic heterocycles. The predicted octanol–water partition coefficient (Wildman–Crippen LogP) is -8.73. The second-order valence-electron chi connectivity index (χ2n) is 1.24. The van der Waals surface area contributed by atoms with E-state index in [4.69, 9.17) is 0 Å². The summed E-state index contributed by atoms with van der Waals surface area (Å²) in [7, 11) is 0. The molecule has 1 nitrogen and oxygen atoms in total. The van der Waals surface area contributed by atoms with Crippen LogP contribution in [-0.2, 0) is 20.4 Å². The second kappa shape index (κ2) is 9.73. The Balaban J connectivity index is -0.000000163. The molecule has 0 aliphatic carbocycles. The Kier molecular flexibility index (Phi) is 16.6. The molecule has 0 aliphatic heterocycles. The van der Waals surface area contributed by atoms with Gasteiger partial charge in [-0.2, -0.15) is 0 Å². The predicted molar refractivity (Wildman–Crippen MR) is 23.9 cm³/mol. The first-order chi connectivity index (χ1) is 3.39. The molecule has 1 rings (SSSR count). The molecule has 0 aromatic carbocycles. The number of rotatable bonds is 0. The zero-order valence-corrected chi connectivity index (χ0v) is 8.72. The van der Waals surface area contributed by atoms with Gasteiger partial charge < -0.3 is 37.2 Å². The van der Waals surface area contributed by atoms with E-state index < -0.39 is 0 Å². The Labute approximate surface area is 90.6 Å². The Morgan fingerprint density at radius 2 is 1.80 bits per heavy atom. The average Bonchev–Trinajstić information content (AvgIpc) is 1.69. The third-order valence-electron chi connectivity index (χ3n) is 0.662. The Bertz CT molecular complexity index is 147. The van der Waals surface area contributed by atoms with E-state index in [2.05, 4.69) is 4.98 Å². The topological polar surface area (TPSA) is 12.9 Å². The third-order valence-corrected chi connectivity index (χ3v) is 1.12. The van der Waals surface area contributed by atoms with Gasteiger partial charge >= 0.3 is 53.8 Å². The van der Waals surface area contributed by atoms with Crippen molar-refractivity contribution in [2.45, 2.75) is 0 Å². The van der Waals surface area contributed by atoms with Crippen LogP contribution in [0.15, 0.2) is 24.5 Å². The molecule has 0 aliphatic rings. The van der Waals surface area contributed by atoms with Crippen molar-refractivity contribution in [3.63, 3.8) is 0 Å². The van der Waals surface area contributed by atoms with Crippen molar-refractivity contribution in [3.8, 4) is 0 Å². The molecule has 1 heterocycles. The summed E-state index contributed by atoms with van der Waals surface area (Å²) in [5.74, 6) is 0. The summed E-state index contributed by atoms with van der Waals surface area (Å²) in [5, 5.41) is 0. The summed E-state index contributed by atoms with van der Waals surface area (Å²) in [5.41, 5.74) is 0. The van der Waals surface area contributed by atoms with Gasteiger partial charge in [0.2, 0.25) is 0 Å². The number of nitrogens with zero attached hydrogens (tertiary/aromatic N) is 1. The van der Waals surface area contributed by atoms with Crippen LogP contribution in [0.5, 0.6) is 0 Å². The van der Waals surface area contributed by atoms with Crippen LogP contribution in [0.1, 0.15) is 0 Å². The van der Waals surface area contributed by atoms with E-state index in [-0.39, 0.29) is 37.2 Å². The molecule has 0 saturated heterocycles. The molecule has 0 fully saturated rings. The van der Waals surface area contributed by atoms with Gasteiger partial charge in [0, 0.05) is 0 Å². The van der Waals surface area contributed by atoms with Gasteiger partial charge in [-0.05, 0) is 0 Å². The summed E-state index contributed by atoms with van der Waals surface area (Å²) in [6, 6.07) is 3.95. The van der Waals surface area contributed by atoms with Gasteiger partial charge in [-0.25, -0.2) is 0 Å². The normalized spacial score (nSPS) is 6.20. The van der Waals surface area contributed by atoms with Crippen LogP contribution in [-0.4, -0.2) is 4.98 Å². The van der Waals surface area contributed by atoms with Crippen molar-refractivity contribution in [1.29, 1.82) is 0 Å². The van der Waals surface area contributed by atoms with Crippen molar-refractivity contribution in [3.05, 3.63) is 24.5 Å². The molecule has 0 radical (unpaired) electrons. The molecule has 54 valence electrons. The first-order valence-electron chi connectivity index (χ1n) is 2.01. The number of hydrogen-bond donors (Lipinski definition) is 0. The summed E-state index contributed by atoms with van der Waals surface area (Å²) < 4.78 is 1.21. The molecule has 0 N–H and O–H groups in total. The molecule has 0 saturated carbocycles. The van der Waals surface area contributed by atoms with Gasteiger partial charge in [0.25, 0.3) is 0 Å². The van der Waals surface area contributed by atoms with Gasteiger partial charge in [0.05, 0.1) is 0 Å². The van der Waals surface area contributed by atoms with Crippen LogP contribution in [0.2, 0.25) is 0 Å². The molecule has 0 unspecified atom stereocenters. The summed E-state index contributed by atoms with van der Waals surface area (Å²) in [6.45, 7) is 0. The van der Waals surface area contributed by atoms with Crippen LogP contribution in [0.3, 0.4) is 0 Å². The molecule has 10 heavy (non-hydrogen) atoms. The van der Waals surface area contributed by atoms with E-state index in [1.807, 2.05) is 38.8 Å². The Morgan fingerprint density at radius 1 is 1.20 bits per heavy atom. The second-order valence-corrected chi connectivity index (χ2v) is 2.14. The standard InChI is InChI=1S/C5H4N.3ClH.Ti/c1-2-4-6-5-3-1;;;;/h1-2,4-5H;3*1H;/q;;;;+3/p-3. The van der Waals surface area contributed by atoms with Gasteiger partial charge in [0.15, 0.2) is 0 Å². The van der Waals surface area contributed by atoms with Crippen molar-refractivity contribution >= 4 is 3.87 Å². The molecule has 0 spiro atoms. The Morgan fingerprint density at radius 3 is 2.00 bits per heavy atom. The summed E-state index contributed by atoms with van der Waals surface area (Å²) >= 11 is 2.02. The van der Waals surface area contributed by atoms with Crippen molar-refractivity contribution < 1.29 is 57.7 Å². The molecule has 5 heteroatoms. The van der Waals surface area contributed by atoms with Gasteiger partial charge in [-0.1, -0.05) is 0 Å². The van der Waals surface area contributed by atoms with Crippen molar-refractivity contribution in [2.24, 2.45) is 0 Å². The van der Waals surface area contributed by atoms with E-state index in [1.165, 1.54) is 3.87 Å². The van der Waals surface area contributed by atoms with E-state index in [0.717, 1.165) is 0 Å². The maximum atomic E-state index is 3.88. The first-order valence-corrected chi connectivity index (χ1v) is 2.79. The first kappa shape index (κ1) is 17.0. The molecule has 0 amide bonds. The van der Waals surface area contributed by atoms with Crippen LogP contribution >= 0.6 is 0 Å². The van der Waals surface area contributed by atoms with E-state index in [0.29, 0.717) is 0 Å². The minimum absolute atomic E-state index is 0. The third kappa shape index (κ3) is 6.85. The minimum atomic E-state index is 0. The summed E-state index contributed by atoms with van der Waals surface area (Å²) in [6.07, 6.45) is 3.60. The van der Waals surface area contributed by atoms with E-state index >= 15 is 0 Å². The number of halogens is 3. The molecule has 0 bridgehead atoms. The molecular weight excluding hydrogens is 228 g/mol. The van der Waals surface area contributed by atoms with Crippen molar-refractivity contribution in [1.82, 2.24) is 4.98 Å².